The molecule has 0 saturated carbocycles. The van der Waals surface area contributed by atoms with Crippen LogP contribution in [0, 0.1) is 0 Å². The highest BCUT2D eigenvalue weighted by atomic mass is 16.6. The van der Waals surface area contributed by atoms with Crippen LogP contribution in [0.2, 0.25) is 0 Å². The maximum absolute atomic E-state index is 13.3. The number of carboxylic acid groups (broad SMARTS) is 1. The van der Waals surface area contributed by atoms with Gasteiger partial charge in [0, 0.05) is 23.6 Å². The fourth-order valence-corrected chi connectivity index (χ4v) is 6.69. The van der Waals surface area contributed by atoms with Crippen molar-refractivity contribution >= 4 is 39.6 Å². The van der Waals surface area contributed by atoms with Gasteiger partial charge in [0.2, 0.25) is 0 Å². The predicted octanol–water partition coefficient (Wildman–Crippen LogP) is 12.0. The van der Waals surface area contributed by atoms with Crippen molar-refractivity contribution in [2.24, 2.45) is 0 Å². The van der Waals surface area contributed by atoms with Crippen molar-refractivity contribution in [2.75, 3.05) is 0 Å². The molecule has 0 amide bonds. The molecule has 3 aromatic rings. The molecule has 8 heteroatoms. The summed E-state index contributed by atoms with van der Waals surface area (Å²) in [5, 5.41) is 11.3. The van der Waals surface area contributed by atoms with E-state index in [0.29, 0.717) is 35.6 Å². The lowest BCUT2D eigenvalue weighted by atomic mass is 9.92. The Morgan fingerprint density at radius 1 is 0.588 bits per heavy atom. The van der Waals surface area contributed by atoms with Crippen molar-refractivity contribution in [1.82, 2.24) is 0 Å². The fraction of sp³-hybridized carbons (Fsp3) is 0.628. The molecule has 0 aliphatic carbocycles. The average molecular weight is 707 g/mol. The van der Waals surface area contributed by atoms with Gasteiger partial charge in [-0.05, 0) is 43.0 Å². The van der Waals surface area contributed by atoms with Crippen molar-refractivity contribution < 1.29 is 33.4 Å². The first-order valence-corrected chi connectivity index (χ1v) is 20.0. The molecule has 8 nitrogen and oxygen atoms in total. The highest BCUT2D eigenvalue weighted by Crippen LogP contribution is 2.37. The first kappa shape index (κ1) is 41.7. The molecule has 282 valence electrons. The van der Waals surface area contributed by atoms with E-state index in [9.17, 15) is 24.3 Å². The average Bonchev–Trinajstić information content (AvgIpc) is 3.10. The van der Waals surface area contributed by atoms with Gasteiger partial charge in [0.25, 0.3) is 0 Å². The molecule has 3 rings (SSSR count). The molecule has 0 saturated heterocycles. The van der Waals surface area contributed by atoms with Crippen molar-refractivity contribution in [3.63, 3.8) is 0 Å². The van der Waals surface area contributed by atoms with Crippen LogP contribution in [-0.4, -0.2) is 23.0 Å². The minimum Gasteiger partial charge on any atom is -0.481 e. The van der Waals surface area contributed by atoms with E-state index in [4.69, 9.17) is 13.9 Å². The summed E-state index contributed by atoms with van der Waals surface area (Å²) >= 11 is 0. The third-order valence-corrected chi connectivity index (χ3v) is 9.77. The molecule has 1 aromatic heterocycles. The molecule has 2 aromatic carbocycles. The molecular weight excluding hydrogens is 644 g/mol. The van der Waals surface area contributed by atoms with Crippen LogP contribution in [0.15, 0.2) is 39.5 Å². The normalized spacial score (nSPS) is 12.0. The highest BCUT2D eigenvalue weighted by Gasteiger charge is 2.23. The van der Waals surface area contributed by atoms with E-state index in [2.05, 4.69) is 20.8 Å². The number of carboxylic acids is 1. The van der Waals surface area contributed by atoms with Crippen LogP contribution in [0.3, 0.4) is 0 Å². The van der Waals surface area contributed by atoms with Gasteiger partial charge in [0.15, 0.2) is 11.5 Å². The van der Waals surface area contributed by atoms with Crippen LogP contribution in [0.25, 0.3) is 21.7 Å². The van der Waals surface area contributed by atoms with Crippen molar-refractivity contribution in [1.29, 1.82) is 0 Å². The summed E-state index contributed by atoms with van der Waals surface area (Å²) in [6, 6.07) is 8.14. The summed E-state index contributed by atoms with van der Waals surface area (Å²) < 4.78 is 17.3. The summed E-state index contributed by atoms with van der Waals surface area (Å²) in [6.07, 6.45) is 22.2. The number of rotatable bonds is 27. The van der Waals surface area contributed by atoms with E-state index in [0.717, 1.165) is 70.6 Å². The third kappa shape index (κ3) is 14.5. The molecule has 51 heavy (non-hydrogen) atoms. The molecule has 0 radical (unpaired) electrons. The maximum Gasteiger partial charge on any atom is 0.344 e. The Balaban J connectivity index is 1.84. The maximum atomic E-state index is 13.3. The zero-order valence-electron chi connectivity index (χ0n) is 31.5. The van der Waals surface area contributed by atoms with E-state index in [1.807, 2.05) is 0 Å². The van der Waals surface area contributed by atoms with E-state index in [-0.39, 0.29) is 35.3 Å². The van der Waals surface area contributed by atoms with E-state index in [1.54, 1.807) is 24.3 Å². The standard InChI is InChI=1S/C43H62O8/c1-4-7-10-13-16-19-22-25-40(44)49-38-30-35-34-28-27-32(33(42(46)47)24-21-18-15-12-9-6-3)29-37(34)51-43(48)36(35)31-39(38)50-41(45)26-23-20-17-14-11-8-5-2/h27-31,33H,4-26H2,1-3H3,(H,46,47). The lowest BCUT2D eigenvalue weighted by molar-refractivity contribution is -0.139. The first-order chi connectivity index (χ1) is 24.8. The van der Waals surface area contributed by atoms with Crippen LogP contribution in [0.1, 0.15) is 180 Å². The monoisotopic (exact) mass is 706 g/mol. The third-order valence-electron chi connectivity index (χ3n) is 9.77. The number of fused-ring (bicyclic) bond motifs is 3. The highest BCUT2D eigenvalue weighted by molar-refractivity contribution is 6.06. The minimum absolute atomic E-state index is 0.0107. The summed E-state index contributed by atoms with van der Waals surface area (Å²) in [7, 11) is 0. The smallest absolute Gasteiger partial charge is 0.344 e. The molecule has 0 fully saturated rings. The van der Waals surface area contributed by atoms with Gasteiger partial charge < -0.3 is 19.0 Å². The molecule has 0 aliphatic heterocycles. The van der Waals surface area contributed by atoms with Gasteiger partial charge in [-0.3, -0.25) is 14.4 Å². The Labute approximate surface area is 304 Å². The first-order valence-electron chi connectivity index (χ1n) is 20.0. The van der Waals surface area contributed by atoms with E-state index in [1.165, 1.54) is 51.0 Å². The number of hydrogen-bond acceptors (Lipinski definition) is 7. The predicted molar refractivity (Wildman–Crippen MR) is 205 cm³/mol. The summed E-state index contributed by atoms with van der Waals surface area (Å²) in [4.78, 5) is 51.5. The SMILES string of the molecule is CCCCCCCCCC(=O)Oc1cc2c(=O)oc3cc(C(CCCCCCCC)C(=O)O)ccc3c2cc1OC(=O)CCCCCCCCC. The van der Waals surface area contributed by atoms with Gasteiger partial charge in [0.1, 0.15) is 5.58 Å². The van der Waals surface area contributed by atoms with E-state index < -0.39 is 29.5 Å². The van der Waals surface area contributed by atoms with Crippen LogP contribution >= 0.6 is 0 Å². The molecule has 0 aliphatic rings. The summed E-state index contributed by atoms with van der Waals surface area (Å²) in [6.45, 7) is 6.53. The summed E-state index contributed by atoms with van der Waals surface area (Å²) in [5.74, 6) is -2.43. The number of carbonyl (C=O) groups excluding carboxylic acids is 2. The van der Waals surface area contributed by atoms with Crippen LogP contribution in [0.5, 0.6) is 11.5 Å². The topological polar surface area (TPSA) is 120 Å². The fourth-order valence-electron chi connectivity index (χ4n) is 6.69. The zero-order chi connectivity index (χ0) is 36.8. The number of ether oxygens (including phenoxy) is 2. The molecule has 1 unspecified atom stereocenters. The van der Waals surface area contributed by atoms with E-state index >= 15 is 0 Å². The number of esters is 2. The number of benzene rings is 2. The molecule has 1 atom stereocenters. The molecule has 0 spiro atoms. The molecule has 1 heterocycles. The second kappa shape index (κ2) is 23.7. The quantitative estimate of drug-likeness (QED) is 0.0273. The number of hydrogen-bond donors (Lipinski definition) is 1. The molecule has 1 N–H and O–H groups in total. The van der Waals surface area contributed by atoms with Crippen molar-refractivity contribution in [3.05, 3.63) is 46.3 Å². The number of unbranched alkanes of at least 4 members (excludes halogenated alkanes) is 17. The Bertz CT molecular complexity index is 1570. The lowest BCUT2D eigenvalue weighted by Crippen LogP contribution is -2.13. The van der Waals surface area contributed by atoms with Crippen molar-refractivity contribution in [2.45, 2.75) is 174 Å². The zero-order valence-corrected chi connectivity index (χ0v) is 31.5. The number of aliphatic carboxylic acids is 1. The van der Waals surface area contributed by atoms with Crippen LogP contribution < -0.4 is 15.1 Å². The Kier molecular flexibility index (Phi) is 19.4. The molecule has 0 bridgehead atoms. The van der Waals surface area contributed by atoms with Gasteiger partial charge in [-0.2, -0.15) is 0 Å². The molecular formula is C43H62O8. The second-order valence-electron chi connectivity index (χ2n) is 14.1. The largest absolute Gasteiger partial charge is 0.481 e. The van der Waals surface area contributed by atoms with Gasteiger partial charge >= 0.3 is 23.5 Å². The Morgan fingerprint density at radius 3 is 1.53 bits per heavy atom. The summed E-state index contributed by atoms with van der Waals surface area (Å²) in [5.41, 5.74) is 0.175. The lowest BCUT2D eigenvalue weighted by Gasteiger charge is -2.15. The van der Waals surface area contributed by atoms with Crippen LogP contribution in [-0.2, 0) is 14.4 Å². The van der Waals surface area contributed by atoms with Gasteiger partial charge in [-0.25, -0.2) is 4.79 Å². The van der Waals surface area contributed by atoms with Gasteiger partial charge in [-0.1, -0.05) is 148 Å². The Morgan fingerprint density at radius 2 is 1.04 bits per heavy atom. The van der Waals surface area contributed by atoms with Gasteiger partial charge in [-0.15, -0.1) is 0 Å². The van der Waals surface area contributed by atoms with Crippen LogP contribution in [0.4, 0.5) is 0 Å². The minimum atomic E-state index is -0.913. The second-order valence-corrected chi connectivity index (χ2v) is 14.1. The Hall–Kier alpha value is -3.68. The van der Waals surface area contributed by atoms with Gasteiger partial charge in [0.05, 0.1) is 11.3 Å². The number of carbonyl (C=O) groups is 3. The van der Waals surface area contributed by atoms with Crippen molar-refractivity contribution in [3.8, 4) is 11.5 Å².